The van der Waals surface area contributed by atoms with Gasteiger partial charge in [-0.2, -0.15) is 0 Å². The monoisotopic (exact) mass is 242 g/mol. The Morgan fingerprint density at radius 1 is 1.35 bits per heavy atom. The van der Waals surface area contributed by atoms with E-state index in [0.29, 0.717) is 18.5 Å². The quantitative estimate of drug-likeness (QED) is 0.689. The lowest BCUT2D eigenvalue weighted by atomic mass is 10.1. The number of carbonyl (C=O) groups is 2. The maximum atomic E-state index is 11.9. The van der Waals surface area contributed by atoms with Crippen molar-refractivity contribution in [2.75, 3.05) is 13.1 Å². The summed E-state index contributed by atoms with van der Waals surface area (Å²) in [5.41, 5.74) is 0. The number of nitrogens with one attached hydrogen (secondary N) is 1. The number of aliphatic carboxylic acids is 1. The molecule has 1 aliphatic carbocycles. The van der Waals surface area contributed by atoms with Crippen LogP contribution in [-0.2, 0) is 9.59 Å². The molecule has 2 N–H and O–H groups in total. The zero-order chi connectivity index (χ0) is 13.0. The molecule has 0 radical (unpaired) electrons. The Morgan fingerprint density at radius 2 is 1.94 bits per heavy atom. The van der Waals surface area contributed by atoms with Crippen LogP contribution in [0.4, 0.5) is 0 Å². The van der Waals surface area contributed by atoms with Crippen molar-refractivity contribution < 1.29 is 14.7 Å². The van der Waals surface area contributed by atoms with E-state index in [9.17, 15) is 9.59 Å². The molecule has 0 aliphatic heterocycles. The maximum absolute atomic E-state index is 11.9. The Balaban J connectivity index is 2.52. The van der Waals surface area contributed by atoms with Crippen molar-refractivity contribution in [1.29, 1.82) is 0 Å². The summed E-state index contributed by atoms with van der Waals surface area (Å²) in [6.45, 7) is 6.33. The van der Waals surface area contributed by atoms with Crippen LogP contribution in [0.2, 0.25) is 0 Å². The summed E-state index contributed by atoms with van der Waals surface area (Å²) in [6.07, 6.45) is 2.09. The fourth-order valence-electron chi connectivity index (χ4n) is 1.72. The molecule has 1 atom stereocenters. The molecule has 5 nitrogen and oxygen atoms in total. The van der Waals surface area contributed by atoms with Crippen molar-refractivity contribution in [3.63, 3.8) is 0 Å². The van der Waals surface area contributed by atoms with Crippen LogP contribution < -0.4 is 5.32 Å². The average molecular weight is 242 g/mol. The normalized spacial score (nSPS) is 17.2. The number of nitrogens with zero attached hydrogens (tertiary/aromatic N) is 1. The molecular formula is C12H22N2O3. The second-order valence-corrected chi connectivity index (χ2v) is 5.18. The van der Waals surface area contributed by atoms with Crippen LogP contribution >= 0.6 is 0 Å². The van der Waals surface area contributed by atoms with Gasteiger partial charge in [0.15, 0.2) is 0 Å². The molecule has 0 aromatic carbocycles. The molecule has 1 aliphatic rings. The summed E-state index contributed by atoms with van der Waals surface area (Å²) in [5, 5.41) is 11.8. The SMILES string of the molecule is CC(C)CN(CC(=O)O)[C@H](C)C(=O)NC1CC1. The van der Waals surface area contributed by atoms with Gasteiger partial charge in [-0.3, -0.25) is 14.5 Å². The summed E-state index contributed by atoms with van der Waals surface area (Å²) in [4.78, 5) is 24.3. The second kappa shape index (κ2) is 6.00. The molecular weight excluding hydrogens is 220 g/mol. The summed E-state index contributed by atoms with van der Waals surface area (Å²) in [5.74, 6) is -0.614. The first kappa shape index (κ1) is 14.0. The molecule has 1 rings (SSSR count). The van der Waals surface area contributed by atoms with E-state index >= 15 is 0 Å². The Morgan fingerprint density at radius 3 is 2.35 bits per heavy atom. The smallest absolute Gasteiger partial charge is 0.317 e. The lowest BCUT2D eigenvalue weighted by Crippen LogP contribution is -2.48. The fraction of sp³-hybridized carbons (Fsp3) is 0.833. The number of carbonyl (C=O) groups excluding carboxylic acids is 1. The van der Waals surface area contributed by atoms with Crippen LogP contribution in [0.25, 0.3) is 0 Å². The van der Waals surface area contributed by atoms with Crippen molar-refractivity contribution in [1.82, 2.24) is 10.2 Å². The predicted octanol–water partition coefficient (Wildman–Crippen LogP) is 0.696. The minimum atomic E-state index is -0.892. The largest absolute Gasteiger partial charge is 0.480 e. The van der Waals surface area contributed by atoms with Gasteiger partial charge in [0.05, 0.1) is 12.6 Å². The Hall–Kier alpha value is -1.10. The Kier molecular flexibility index (Phi) is 4.93. The number of hydrogen-bond acceptors (Lipinski definition) is 3. The zero-order valence-corrected chi connectivity index (χ0v) is 10.8. The van der Waals surface area contributed by atoms with Crippen LogP contribution in [-0.4, -0.2) is 47.1 Å². The fourth-order valence-corrected chi connectivity index (χ4v) is 1.72. The van der Waals surface area contributed by atoms with E-state index in [-0.39, 0.29) is 18.5 Å². The predicted molar refractivity (Wildman–Crippen MR) is 64.7 cm³/mol. The lowest BCUT2D eigenvalue weighted by Gasteiger charge is -2.28. The molecule has 0 aromatic heterocycles. The summed E-state index contributed by atoms with van der Waals surface area (Å²) in [7, 11) is 0. The lowest BCUT2D eigenvalue weighted by molar-refractivity contribution is -0.140. The first-order valence-corrected chi connectivity index (χ1v) is 6.16. The van der Waals surface area contributed by atoms with Crippen LogP contribution in [0.15, 0.2) is 0 Å². The first-order chi connectivity index (χ1) is 7.90. The molecule has 1 fully saturated rings. The van der Waals surface area contributed by atoms with Crippen molar-refractivity contribution in [2.45, 2.75) is 45.7 Å². The standard InChI is InChI=1S/C12H22N2O3/c1-8(2)6-14(7-11(15)16)9(3)12(17)13-10-4-5-10/h8-10H,4-7H2,1-3H3,(H,13,17)(H,15,16)/t9-/m1/s1. The van der Waals surface area contributed by atoms with Crippen molar-refractivity contribution in [2.24, 2.45) is 5.92 Å². The van der Waals surface area contributed by atoms with E-state index in [0.717, 1.165) is 12.8 Å². The van der Waals surface area contributed by atoms with Crippen molar-refractivity contribution in [3.05, 3.63) is 0 Å². The molecule has 1 saturated carbocycles. The topological polar surface area (TPSA) is 69.6 Å². The first-order valence-electron chi connectivity index (χ1n) is 6.16. The molecule has 17 heavy (non-hydrogen) atoms. The highest BCUT2D eigenvalue weighted by atomic mass is 16.4. The van der Waals surface area contributed by atoms with Crippen molar-refractivity contribution in [3.8, 4) is 0 Å². The molecule has 0 heterocycles. The minimum Gasteiger partial charge on any atom is -0.480 e. The van der Waals surface area contributed by atoms with Gasteiger partial charge >= 0.3 is 5.97 Å². The number of rotatable bonds is 7. The van der Waals surface area contributed by atoms with Crippen LogP contribution in [0.1, 0.15) is 33.6 Å². The average Bonchev–Trinajstić information content (AvgIpc) is 2.97. The highest BCUT2D eigenvalue weighted by Crippen LogP contribution is 2.19. The molecule has 98 valence electrons. The number of amides is 1. The highest BCUT2D eigenvalue weighted by molar-refractivity contribution is 5.82. The third kappa shape index (κ3) is 5.17. The van der Waals surface area contributed by atoms with Crippen LogP contribution in [0.3, 0.4) is 0 Å². The maximum Gasteiger partial charge on any atom is 0.317 e. The van der Waals surface area contributed by atoms with Gasteiger partial charge in [0.1, 0.15) is 0 Å². The number of carboxylic acid groups (broad SMARTS) is 1. The van der Waals surface area contributed by atoms with Crippen molar-refractivity contribution >= 4 is 11.9 Å². The van der Waals surface area contributed by atoms with Crippen LogP contribution in [0.5, 0.6) is 0 Å². The third-order valence-corrected chi connectivity index (χ3v) is 2.79. The van der Waals surface area contributed by atoms with Gasteiger partial charge in [0.2, 0.25) is 5.91 Å². The van der Waals surface area contributed by atoms with Gasteiger partial charge in [-0.15, -0.1) is 0 Å². The molecule has 1 amide bonds. The van der Waals surface area contributed by atoms with Gasteiger partial charge in [-0.25, -0.2) is 0 Å². The van der Waals surface area contributed by atoms with Gasteiger partial charge < -0.3 is 10.4 Å². The zero-order valence-electron chi connectivity index (χ0n) is 10.8. The van der Waals surface area contributed by atoms with Gasteiger partial charge in [-0.1, -0.05) is 13.8 Å². The van der Waals surface area contributed by atoms with E-state index in [2.05, 4.69) is 5.32 Å². The molecule has 0 aromatic rings. The van der Waals surface area contributed by atoms with Gasteiger partial charge in [0, 0.05) is 12.6 Å². The Labute approximate surface area is 102 Å². The summed E-state index contributed by atoms with van der Waals surface area (Å²) >= 11 is 0. The molecule has 5 heteroatoms. The summed E-state index contributed by atoms with van der Waals surface area (Å²) in [6, 6.07) is -0.0650. The summed E-state index contributed by atoms with van der Waals surface area (Å²) < 4.78 is 0. The van der Waals surface area contributed by atoms with E-state index in [1.165, 1.54) is 0 Å². The Bertz CT molecular complexity index is 287. The number of hydrogen-bond donors (Lipinski definition) is 2. The van der Waals surface area contributed by atoms with E-state index < -0.39 is 5.97 Å². The van der Waals surface area contributed by atoms with Gasteiger partial charge in [0.25, 0.3) is 0 Å². The minimum absolute atomic E-state index is 0.0607. The van der Waals surface area contributed by atoms with E-state index in [1.807, 2.05) is 13.8 Å². The van der Waals surface area contributed by atoms with E-state index in [4.69, 9.17) is 5.11 Å². The van der Waals surface area contributed by atoms with Gasteiger partial charge in [-0.05, 0) is 25.7 Å². The molecule has 0 spiro atoms. The molecule has 0 unspecified atom stereocenters. The molecule has 0 saturated heterocycles. The molecule has 0 bridgehead atoms. The number of carboxylic acids is 1. The second-order valence-electron chi connectivity index (χ2n) is 5.18. The van der Waals surface area contributed by atoms with Crippen LogP contribution in [0, 0.1) is 5.92 Å². The highest BCUT2D eigenvalue weighted by Gasteiger charge is 2.29. The third-order valence-electron chi connectivity index (χ3n) is 2.79. The van der Waals surface area contributed by atoms with E-state index in [1.54, 1.807) is 11.8 Å².